The number of carbonyl (C=O) groups is 2. The highest BCUT2D eigenvalue weighted by molar-refractivity contribution is 6.04. The molecule has 5 nitrogen and oxygen atoms in total. The van der Waals surface area contributed by atoms with Crippen molar-refractivity contribution in [2.45, 2.75) is 65.0 Å². The van der Waals surface area contributed by atoms with Crippen molar-refractivity contribution in [2.24, 2.45) is 0 Å². The van der Waals surface area contributed by atoms with Crippen LogP contribution < -0.4 is 15.4 Å². The molecule has 2 aromatic carbocycles. The molecule has 2 aromatic rings. The summed E-state index contributed by atoms with van der Waals surface area (Å²) in [6.45, 7) is 5.68. The second kappa shape index (κ2) is 9.59. The van der Waals surface area contributed by atoms with Crippen molar-refractivity contribution in [2.75, 3.05) is 5.32 Å². The number of nitrogens with one attached hydrogen (secondary N) is 2. The van der Waals surface area contributed by atoms with E-state index in [4.69, 9.17) is 4.74 Å². The molecule has 1 aliphatic rings. The predicted octanol–water partition coefficient (Wildman–Crippen LogP) is 4.77. The number of amides is 2. The van der Waals surface area contributed by atoms with Crippen LogP contribution in [0.3, 0.4) is 0 Å². The topological polar surface area (TPSA) is 67.4 Å². The minimum atomic E-state index is -0.689. The summed E-state index contributed by atoms with van der Waals surface area (Å²) in [5, 5.41) is 5.96. The molecule has 0 unspecified atom stereocenters. The summed E-state index contributed by atoms with van der Waals surface area (Å²) < 4.78 is 5.84. The lowest BCUT2D eigenvalue weighted by Crippen LogP contribution is -2.37. The number of hydrogen-bond donors (Lipinski definition) is 2. The van der Waals surface area contributed by atoms with E-state index in [0.717, 1.165) is 36.8 Å². The van der Waals surface area contributed by atoms with Gasteiger partial charge in [0.2, 0.25) is 0 Å². The number of anilines is 1. The Morgan fingerprint density at radius 2 is 1.76 bits per heavy atom. The number of aryl methyl sites for hydroxylation is 2. The first-order valence-electron chi connectivity index (χ1n) is 10.4. The molecule has 1 fully saturated rings. The average Bonchev–Trinajstić information content (AvgIpc) is 2.71. The Balaban J connectivity index is 1.66. The zero-order valence-corrected chi connectivity index (χ0v) is 17.5. The molecule has 29 heavy (non-hydrogen) atoms. The van der Waals surface area contributed by atoms with Crippen LogP contribution >= 0.6 is 0 Å². The summed E-state index contributed by atoms with van der Waals surface area (Å²) in [7, 11) is 0. The maximum atomic E-state index is 12.8. The third-order valence-electron chi connectivity index (χ3n) is 5.37. The first-order chi connectivity index (χ1) is 13.9. The first-order valence-corrected chi connectivity index (χ1v) is 10.4. The van der Waals surface area contributed by atoms with Gasteiger partial charge in [-0.15, -0.1) is 0 Å². The molecule has 0 aliphatic heterocycles. The van der Waals surface area contributed by atoms with Crippen LogP contribution in [0, 0.1) is 13.8 Å². The van der Waals surface area contributed by atoms with Crippen molar-refractivity contribution < 1.29 is 14.3 Å². The van der Waals surface area contributed by atoms with Crippen LogP contribution in [0.15, 0.2) is 42.5 Å². The Morgan fingerprint density at radius 1 is 1.03 bits per heavy atom. The average molecular weight is 395 g/mol. The van der Waals surface area contributed by atoms with E-state index < -0.39 is 6.10 Å². The molecule has 2 amide bonds. The second-order valence-corrected chi connectivity index (χ2v) is 7.87. The highest BCUT2D eigenvalue weighted by Gasteiger charge is 2.21. The zero-order chi connectivity index (χ0) is 20.8. The molecule has 154 valence electrons. The van der Waals surface area contributed by atoms with Gasteiger partial charge < -0.3 is 15.4 Å². The molecule has 1 saturated carbocycles. The monoisotopic (exact) mass is 394 g/mol. The Labute approximate surface area is 172 Å². The van der Waals surface area contributed by atoms with Crippen molar-refractivity contribution in [3.05, 3.63) is 59.2 Å². The molecule has 1 aliphatic carbocycles. The van der Waals surface area contributed by atoms with Crippen LogP contribution in [-0.4, -0.2) is 24.0 Å². The Kier molecular flexibility index (Phi) is 6.91. The molecule has 0 spiro atoms. The number of para-hydroxylation sites is 1. The quantitative estimate of drug-likeness (QED) is 0.741. The summed E-state index contributed by atoms with van der Waals surface area (Å²) in [4.78, 5) is 25.5. The van der Waals surface area contributed by atoms with E-state index in [1.807, 2.05) is 38.1 Å². The minimum absolute atomic E-state index is 0.143. The van der Waals surface area contributed by atoms with Crippen LogP contribution in [0.5, 0.6) is 5.75 Å². The third kappa shape index (κ3) is 5.59. The van der Waals surface area contributed by atoms with E-state index >= 15 is 0 Å². The number of hydrogen-bond acceptors (Lipinski definition) is 3. The first kappa shape index (κ1) is 20.9. The number of carbonyl (C=O) groups excluding carboxylic acids is 2. The van der Waals surface area contributed by atoms with E-state index in [1.54, 1.807) is 25.1 Å². The lowest BCUT2D eigenvalue weighted by Gasteiger charge is -2.23. The molecule has 0 heterocycles. The molecule has 0 radical (unpaired) electrons. The molecule has 0 bridgehead atoms. The highest BCUT2D eigenvalue weighted by Crippen LogP contribution is 2.22. The molecular formula is C24H30N2O3. The van der Waals surface area contributed by atoms with Crippen LogP contribution in [0.4, 0.5) is 5.69 Å². The van der Waals surface area contributed by atoms with Crippen molar-refractivity contribution >= 4 is 17.5 Å². The Hall–Kier alpha value is -2.82. The van der Waals surface area contributed by atoms with Gasteiger partial charge in [0.05, 0.1) is 11.3 Å². The van der Waals surface area contributed by atoms with Gasteiger partial charge in [-0.3, -0.25) is 9.59 Å². The third-order valence-corrected chi connectivity index (χ3v) is 5.37. The largest absolute Gasteiger partial charge is 0.481 e. The van der Waals surface area contributed by atoms with E-state index in [-0.39, 0.29) is 17.9 Å². The molecule has 5 heteroatoms. The van der Waals surface area contributed by atoms with Crippen molar-refractivity contribution in [3.8, 4) is 5.75 Å². The van der Waals surface area contributed by atoms with Gasteiger partial charge in [0.15, 0.2) is 6.10 Å². The fourth-order valence-corrected chi connectivity index (χ4v) is 3.71. The van der Waals surface area contributed by atoms with E-state index in [2.05, 4.69) is 10.6 Å². The SMILES string of the molecule is Cc1ccc(O[C@@H](C)C(=O)Nc2ccccc2C(=O)NC2CCCCC2)c(C)c1. The van der Waals surface area contributed by atoms with Crippen LogP contribution in [0.25, 0.3) is 0 Å². The van der Waals surface area contributed by atoms with Crippen molar-refractivity contribution in [1.29, 1.82) is 0 Å². The number of benzene rings is 2. The Bertz CT molecular complexity index is 872. The predicted molar refractivity (Wildman–Crippen MR) is 115 cm³/mol. The molecule has 0 saturated heterocycles. The highest BCUT2D eigenvalue weighted by atomic mass is 16.5. The van der Waals surface area contributed by atoms with Gasteiger partial charge in [-0.05, 0) is 57.4 Å². The maximum Gasteiger partial charge on any atom is 0.265 e. The van der Waals surface area contributed by atoms with Crippen LogP contribution in [-0.2, 0) is 4.79 Å². The summed E-state index contributed by atoms with van der Waals surface area (Å²) in [6.07, 6.45) is 4.87. The van der Waals surface area contributed by atoms with E-state index in [0.29, 0.717) is 17.0 Å². The standard InChI is InChI=1S/C24H30N2O3/c1-16-13-14-22(17(2)15-16)29-18(3)23(27)26-21-12-8-7-11-20(21)24(28)25-19-9-5-4-6-10-19/h7-8,11-15,18-19H,4-6,9-10H2,1-3H3,(H,25,28)(H,26,27)/t18-/m0/s1. The van der Waals surface area contributed by atoms with Crippen LogP contribution in [0.2, 0.25) is 0 Å². The fraction of sp³-hybridized carbons (Fsp3) is 0.417. The lowest BCUT2D eigenvalue weighted by molar-refractivity contribution is -0.122. The van der Waals surface area contributed by atoms with Crippen molar-refractivity contribution in [1.82, 2.24) is 5.32 Å². The molecule has 1 atom stereocenters. The summed E-state index contributed by atoms with van der Waals surface area (Å²) in [5.41, 5.74) is 3.11. The molecule has 0 aromatic heterocycles. The summed E-state index contributed by atoms with van der Waals surface area (Å²) >= 11 is 0. The molecule has 3 rings (SSSR count). The van der Waals surface area contributed by atoms with Gasteiger partial charge in [0, 0.05) is 6.04 Å². The number of rotatable bonds is 6. The smallest absolute Gasteiger partial charge is 0.265 e. The van der Waals surface area contributed by atoms with Gasteiger partial charge >= 0.3 is 0 Å². The van der Waals surface area contributed by atoms with E-state index in [9.17, 15) is 9.59 Å². The van der Waals surface area contributed by atoms with Crippen LogP contribution in [0.1, 0.15) is 60.5 Å². The normalized spacial score (nSPS) is 15.4. The van der Waals surface area contributed by atoms with Gasteiger partial charge in [-0.1, -0.05) is 49.1 Å². The number of ether oxygens (including phenoxy) is 1. The summed E-state index contributed by atoms with van der Waals surface area (Å²) in [5.74, 6) is 0.250. The van der Waals surface area contributed by atoms with Gasteiger partial charge in [0.1, 0.15) is 5.75 Å². The Morgan fingerprint density at radius 3 is 2.48 bits per heavy atom. The van der Waals surface area contributed by atoms with Gasteiger partial charge in [-0.25, -0.2) is 0 Å². The van der Waals surface area contributed by atoms with Gasteiger partial charge in [0.25, 0.3) is 11.8 Å². The van der Waals surface area contributed by atoms with E-state index in [1.165, 1.54) is 6.42 Å². The fourth-order valence-electron chi connectivity index (χ4n) is 3.71. The van der Waals surface area contributed by atoms with Crippen molar-refractivity contribution in [3.63, 3.8) is 0 Å². The van der Waals surface area contributed by atoms with Gasteiger partial charge in [-0.2, -0.15) is 0 Å². The second-order valence-electron chi connectivity index (χ2n) is 7.87. The molecule has 2 N–H and O–H groups in total. The summed E-state index contributed by atoms with van der Waals surface area (Å²) in [6, 6.07) is 13.2. The zero-order valence-electron chi connectivity index (χ0n) is 17.5. The molecular weight excluding hydrogens is 364 g/mol. The maximum absolute atomic E-state index is 12.8. The lowest BCUT2D eigenvalue weighted by atomic mass is 9.95. The minimum Gasteiger partial charge on any atom is -0.481 e.